The Morgan fingerprint density at radius 2 is 1.64 bits per heavy atom. The van der Waals surface area contributed by atoms with Crippen molar-refractivity contribution >= 4 is 17.6 Å². The summed E-state index contributed by atoms with van der Waals surface area (Å²) in [6, 6.07) is 17.9. The molecular weight excluding hydrogens is 412 g/mol. The number of nitrogens with one attached hydrogen (secondary N) is 2. The van der Waals surface area contributed by atoms with Crippen molar-refractivity contribution in [1.82, 2.24) is 15.1 Å². The molecule has 2 aromatic carbocycles. The van der Waals surface area contributed by atoms with E-state index in [0.717, 1.165) is 36.6 Å². The summed E-state index contributed by atoms with van der Waals surface area (Å²) in [5.74, 6) is 0.646. The highest BCUT2D eigenvalue weighted by Gasteiger charge is 2.28. The first kappa shape index (κ1) is 23.3. The molecule has 0 bridgehead atoms. The first-order valence-electron chi connectivity index (χ1n) is 12.3. The van der Waals surface area contributed by atoms with Crippen LogP contribution < -0.4 is 10.6 Å². The molecule has 2 aromatic rings. The van der Waals surface area contributed by atoms with Crippen LogP contribution in [0.2, 0.25) is 0 Å². The number of amides is 3. The molecule has 0 spiro atoms. The summed E-state index contributed by atoms with van der Waals surface area (Å²) in [6.07, 6.45) is 4.28. The average Bonchev–Trinajstić information content (AvgIpc) is 2.84. The van der Waals surface area contributed by atoms with Crippen molar-refractivity contribution in [2.75, 3.05) is 31.5 Å². The minimum Gasteiger partial charge on any atom is -0.352 e. The Balaban J connectivity index is 1.23. The van der Waals surface area contributed by atoms with E-state index in [9.17, 15) is 9.59 Å². The van der Waals surface area contributed by atoms with Gasteiger partial charge < -0.3 is 15.5 Å². The number of carbonyl (C=O) groups excluding carboxylic acids is 2. The van der Waals surface area contributed by atoms with E-state index in [2.05, 4.69) is 46.7 Å². The Bertz CT molecular complexity index is 915. The molecule has 2 atom stereocenters. The summed E-state index contributed by atoms with van der Waals surface area (Å²) in [6.45, 7) is 7.35. The predicted molar refractivity (Wildman–Crippen MR) is 132 cm³/mol. The Morgan fingerprint density at radius 1 is 0.909 bits per heavy atom. The SMILES string of the molecule is CC1CCCN(Cc2ccc(CNC(=O)C3CCCN(C(=O)Nc4ccccc4)C3)cc2)C1. The molecule has 0 radical (unpaired) electrons. The van der Waals surface area contributed by atoms with Crippen molar-refractivity contribution in [3.8, 4) is 0 Å². The number of likely N-dealkylation sites (tertiary alicyclic amines) is 2. The molecule has 2 fully saturated rings. The van der Waals surface area contributed by atoms with Crippen molar-refractivity contribution in [3.05, 3.63) is 65.7 Å². The highest BCUT2D eigenvalue weighted by molar-refractivity contribution is 5.90. The van der Waals surface area contributed by atoms with Gasteiger partial charge in [-0.2, -0.15) is 0 Å². The van der Waals surface area contributed by atoms with E-state index in [-0.39, 0.29) is 17.9 Å². The summed E-state index contributed by atoms with van der Waals surface area (Å²) in [7, 11) is 0. The number of anilines is 1. The standard InChI is InChI=1S/C27H36N4O2/c1-21-7-5-15-30(18-21)19-23-13-11-22(12-14-23)17-28-26(32)24-8-6-16-31(20-24)27(33)29-25-9-3-2-4-10-25/h2-4,9-14,21,24H,5-8,15-20H2,1H3,(H,28,32)(H,29,33). The van der Waals surface area contributed by atoms with Crippen LogP contribution in [0.3, 0.4) is 0 Å². The quantitative estimate of drug-likeness (QED) is 0.685. The second kappa shape index (κ2) is 11.3. The van der Waals surface area contributed by atoms with Gasteiger partial charge in [0, 0.05) is 38.4 Å². The molecule has 2 unspecified atom stereocenters. The van der Waals surface area contributed by atoms with Crippen molar-refractivity contribution in [2.45, 2.75) is 45.7 Å². The van der Waals surface area contributed by atoms with Crippen LogP contribution in [0.25, 0.3) is 0 Å². The van der Waals surface area contributed by atoms with Crippen molar-refractivity contribution in [1.29, 1.82) is 0 Å². The van der Waals surface area contributed by atoms with Crippen molar-refractivity contribution < 1.29 is 9.59 Å². The summed E-state index contributed by atoms with van der Waals surface area (Å²) in [5.41, 5.74) is 3.20. The third-order valence-corrected chi connectivity index (χ3v) is 6.74. The fourth-order valence-corrected chi connectivity index (χ4v) is 4.88. The highest BCUT2D eigenvalue weighted by atomic mass is 16.2. The molecule has 3 amide bonds. The van der Waals surface area contributed by atoms with Crippen LogP contribution in [0.1, 0.15) is 43.7 Å². The fourth-order valence-electron chi connectivity index (χ4n) is 4.88. The smallest absolute Gasteiger partial charge is 0.321 e. The summed E-state index contributed by atoms with van der Waals surface area (Å²) < 4.78 is 0. The fraction of sp³-hybridized carbons (Fsp3) is 0.481. The van der Waals surface area contributed by atoms with E-state index < -0.39 is 0 Å². The van der Waals surface area contributed by atoms with Gasteiger partial charge in [0.05, 0.1) is 5.92 Å². The molecule has 0 aliphatic carbocycles. The van der Waals surface area contributed by atoms with Gasteiger partial charge in [0.2, 0.25) is 5.91 Å². The van der Waals surface area contributed by atoms with E-state index in [0.29, 0.717) is 19.6 Å². The van der Waals surface area contributed by atoms with Crippen LogP contribution in [0.4, 0.5) is 10.5 Å². The van der Waals surface area contributed by atoms with Gasteiger partial charge >= 0.3 is 6.03 Å². The molecule has 2 N–H and O–H groups in total. The number of nitrogens with zero attached hydrogens (tertiary/aromatic N) is 2. The lowest BCUT2D eigenvalue weighted by Gasteiger charge is -2.32. The van der Waals surface area contributed by atoms with Gasteiger partial charge in [-0.15, -0.1) is 0 Å². The highest BCUT2D eigenvalue weighted by Crippen LogP contribution is 2.20. The van der Waals surface area contributed by atoms with Crippen molar-refractivity contribution in [2.24, 2.45) is 11.8 Å². The molecule has 176 valence electrons. The number of para-hydroxylation sites is 1. The second-order valence-electron chi connectivity index (χ2n) is 9.60. The maximum absolute atomic E-state index is 12.8. The van der Waals surface area contributed by atoms with Crippen LogP contribution in [0.15, 0.2) is 54.6 Å². The van der Waals surface area contributed by atoms with Crippen LogP contribution in [0, 0.1) is 11.8 Å². The average molecular weight is 449 g/mol. The summed E-state index contributed by atoms with van der Waals surface area (Å²) in [4.78, 5) is 29.7. The normalized spacial score (nSPS) is 21.4. The number of piperidine rings is 2. The van der Waals surface area contributed by atoms with Crippen LogP contribution in [-0.2, 0) is 17.9 Å². The minimum absolute atomic E-state index is 0.0265. The lowest BCUT2D eigenvalue weighted by molar-refractivity contribution is -0.126. The second-order valence-corrected chi connectivity index (χ2v) is 9.60. The molecular formula is C27H36N4O2. The number of rotatable bonds is 6. The van der Waals surface area contributed by atoms with Gasteiger partial charge in [-0.25, -0.2) is 4.79 Å². The van der Waals surface area contributed by atoms with Crippen LogP contribution >= 0.6 is 0 Å². The van der Waals surface area contributed by atoms with Gasteiger partial charge in [0.1, 0.15) is 0 Å². The van der Waals surface area contributed by atoms with Gasteiger partial charge in [-0.1, -0.05) is 49.4 Å². The molecule has 0 aromatic heterocycles. The zero-order valence-corrected chi connectivity index (χ0v) is 19.6. The number of hydrogen-bond acceptors (Lipinski definition) is 3. The van der Waals surface area contributed by atoms with Gasteiger partial charge in [-0.3, -0.25) is 9.69 Å². The predicted octanol–water partition coefficient (Wildman–Crippen LogP) is 4.48. The lowest BCUT2D eigenvalue weighted by Crippen LogP contribution is -2.46. The Kier molecular flexibility index (Phi) is 8.00. The van der Waals surface area contributed by atoms with Crippen LogP contribution in [0.5, 0.6) is 0 Å². The van der Waals surface area contributed by atoms with Gasteiger partial charge in [-0.05, 0) is 61.4 Å². The van der Waals surface area contributed by atoms with E-state index in [1.165, 1.54) is 31.5 Å². The lowest BCUT2D eigenvalue weighted by atomic mass is 9.97. The number of hydrogen-bond donors (Lipinski definition) is 2. The topological polar surface area (TPSA) is 64.7 Å². The maximum Gasteiger partial charge on any atom is 0.321 e. The molecule has 2 saturated heterocycles. The molecule has 2 aliphatic rings. The van der Waals surface area contributed by atoms with Gasteiger partial charge in [0.25, 0.3) is 0 Å². The van der Waals surface area contributed by atoms with E-state index in [1.807, 2.05) is 30.3 Å². The molecule has 33 heavy (non-hydrogen) atoms. The monoisotopic (exact) mass is 448 g/mol. The molecule has 6 heteroatoms. The van der Waals surface area contributed by atoms with E-state index >= 15 is 0 Å². The first-order chi connectivity index (χ1) is 16.1. The first-order valence-corrected chi connectivity index (χ1v) is 12.3. The molecule has 0 saturated carbocycles. The Labute approximate surface area is 197 Å². The maximum atomic E-state index is 12.8. The van der Waals surface area contributed by atoms with Crippen LogP contribution in [-0.4, -0.2) is 47.9 Å². The largest absolute Gasteiger partial charge is 0.352 e. The Hall–Kier alpha value is -2.86. The zero-order valence-electron chi connectivity index (χ0n) is 19.6. The zero-order chi connectivity index (χ0) is 23.0. The van der Waals surface area contributed by atoms with Gasteiger partial charge in [0.15, 0.2) is 0 Å². The number of benzene rings is 2. The summed E-state index contributed by atoms with van der Waals surface area (Å²) in [5, 5.41) is 5.99. The molecule has 4 rings (SSSR count). The molecule has 6 nitrogen and oxygen atoms in total. The molecule has 2 heterocycles. The van der Waals surface area contributed by atoms with E-state index in [1.54, 1.807) is 4.90 Å². The Morgan fingerprint density at radius 3 is 2.39 bits per heavy atom. The number of urea groups is 1. The summed E-state index contributed by atoms with van der Waals surface area (Å²) >= 11 is 0. The third kappa shape index (κ3) is 6.81. The van der Waals surface area contributed by atoms with E-state index in [4.69, 9.17) is 0 Å². The minimum atomic E-state index is -0.166. The van der Waals surface area contributed by atoms with Crippen molar-refractivity contribution in [3.63, 3.8) is 0 Å². The third-order valence-electron chi connectivity index (χ3n) is 6.74. The molecule has 2 aliphatic heterocycles. The number of carbonyl (C=O) groups is 2.